The van der Waals surface area contributed by atoms with E-state index in [1.807, 2.05) is 0 Å². The van der Waals surface area contributed by atoms with Crippen LogP contribution in [0.1, 0.15) is 50.5 Å². The summed E-state index contributed by atoms with van der Waals surface area (Å²) in [6, 6.07) is 10.6. The molecule has 0 radical (unpaired) electrons. The molecule has 0 heterocycles. The molecule has 0 aromatic heterocycles. The Bertz CT molecular complexity index is 386. The molecule has 2 bridgehead atoms. The van der Waals surface area contributed by atoms with E-state index >= 15 is 0 Å². The number of benzene rings is 1. The zero-order valence-electron chi connectivity index (χ0n) is 11.8. The number of hydrogen-bond donors (Lipinski definition) is 1. The van der Waals surface area contributed by atoms with Gasteiger partial charge in [-0.25, -0.2) is 0 Å². The first-order chi connectivity index (χ1) is 9.31. The van der Waals surface area contributed by atoms with Gasteiger partial charge in [0.25, 0.3) is 0 Å². The van der Waals surface area contributed by atoms with Crippen LogP contribution in [0.15, 0.2) is 30.3 Å². The molecule has 1 aromatic carbocycles. The number of rotatable bonds is 6. The van der Waals surface area contributed by atoms with Gasteiger partial charge in [0.15, 0.2) is 0 Å². The lowest BCUT2D eigenvalue weighted by molar-refractivity contribution is 0.114. The minimum Gasteiger partial charge on any atom is -0.393 e. The van der Waals surface area contributed by atoms with Crippen molar-refractivity contribution in [1.82, 2.24) is 0 Å². The second kappa shape index (κ2) is 6.09. The molecule has 0 aliphatic heterocycles. The fraction of sp³-hybridized carbons (Fsp3) is 0.667. The largest absolute Gasteiger partial charge is 0.393 e. The van der Waals surface area contributed by atoms with Gasteiger partial charge >= 0.3 is 0 Å². The minimum atomic E-state index is -0.0620. The van der Waals surface area contributed by atoms with Gasteiger partial charge in [0.2, 0.25) is 0 Å². The van der Waals surface area contributed by atoms with E-state index in [9.17, 15) is 5.11 Å². The van der Waals surface area contributed by atoms with Gasteiger partial charge < -0.3 is 5.11 Å². The maximum absolute atomic E-state index is 10.2. The van der Waals surface area contributed by atoms with Crippen LogP contribution in [0.2, 0.25) is 0 Å². The van der Waals surface area contributed by atoms with Gasteiger partial charge in [0, 0.05) is 0 Å². The monoisotopic (exact) mass is 258 g/mol. The van der Waals surface area contributed by atoms with E-state index in [4.69, 9.17) is 0 Å². The Morgan fingerprint density at radius 1 is 1.11 bits per heavy atom. The lowest BCUT2D eigenvalue weighted by atomic mass is 9.84. The molecule has 2 fully saturated rings. The molecule has 0 saturated heterocycles. The van der Waals surface area contributed by atoms with Crippen molar-refractivity contribution in [1.29, 1.82) is 0 Å². The Morgan fingerprint density at radius 3 is 2.63 bits per heavy atom. The van der Waals surface area contributed by atoms with Crippen molar-refractivity contribution in [2.45, 2.75) is 57.5 Å². The van der Waals surface area contributed by atoms with Crippen molar-refractivity contribution in [3.63, 3.8) is 0 Å². The Hall–Kier alpha value is -0.820. The average Bonchev–Trinajstić information content (AvgIpc) is 3.02. The highest BCUT2D eigenvalue weighted by molar-refractivity contribution is 5.14. The first kappa shape index (κ1) is 13.2. The van der Waals surface area contributed by atoms with E-state index in [2.05, 4.69) is 30.3 Å². The Kier molecular flexibility index (Phi) is 4.22. The Morgan fingerprint density at radius 2 is 1.95 bits per heavy atom. The van der Waals surface area contributed by atoms with Crippen LogP contribution in [-0.2, 0) is 6.42 Å². The molecule has 1 nitrogen and oxygen atoms in total. The molecule has 0 spiro atoms. The van der Waals surface area contributed by atoms with E-state index in [0.717, 1.165) is 43.4 Å². The SMILES string of the molecule is OC(CCCc1ccccc1)CC1CC2CCC1C2. The molecule has 19 heavy (non-hydrogen) atoms. The third-order valence-electron chi connectivity index (χ3n) is 5.30. The van der Waals surface area contributed by atoms with E-state index in [1.165, 1.54) is 31.2 Å². The molecule has 3 rings (SSSR count). The lowest BCUT2D eigenvalue weighted by Gasteiger charge is -2.24. The highest BCUT2D eigenvalue weighted by Crippen LogP contribution is 2.50. The summed E-state index contributed by atoms with van der Waals surface area (Å²) in [4.78, 5) is 0. The Labute approximate surface area is 117 Å². The summed E-state index contributed by atoms with van der Waals surface area (Å²) in [7, 11) is 0. The van der Waals surface area contributed by atoms with E-state index in [1.54, 1.807) is 0 Å². The molecule has 1 aromatic rings. The molecule has 1 heteroatoms. The predicted molar refractivity (Wildman–Crippen MR) is 78.9 cm³/mol. The van der Waals surface area contributed by atoms with Crippen molar-refractivity contribution in [2.75, 3.05) is 0 Å². The topological polar surface area (TPSA) is 20.2 Å². The van der Waals surface area contributed by atoms with Crippen LogP contribution in [0.5, 0.6) is 0 Å². The maximum Gasteiger partial charge on any atom is 0.0543 e. The fourth-order valence-corrected chi connectivity index (χ4v) is 4.32. The van der Waals surface area contributed by atoms with Crippen molar-refractivity contribution in [2.24, 2.45) is 17.8 Å². The van der Waals surface area contributed by atoms with E-state index in [-0.39, 0.29) is 6.10 Å². The summed E-state index contributed by atoms with van der Waals surface area (Å²) in [5, 5.41) is 10.2. The summed E-state index contributed by atoms with van der Waals surface area (Å²) in [5.41, 5.74) is 1.40. The molecule has 2 aliphatic rings. The summed E-state index contributed by atoms with van der Waals surface area (Å²) in [6.45, 7) is 0. The summed E-state index contributed by atoms with van der Waals surface area (Å²) >= 11 is 0. The molecule has 4 unspecified atom stereocenters. The number of fused-ring (bicyclic) bond motifs is 2. The maximum atomic E-state index is 10.2. The molecule has 104 valence electrons. The van der Waals surface area contributed by atoms with Gasteiger partial charge in [0.1, 0.15) is 0 Å². The van der Waals surface area contributed by atoms with Crippen LogP contribution in [0.4, 0.5) is 0 Å². The van der Waals surface area contributed by atoms with Crippen LogP contribution >= 0.6 is 0 Å². The second-order valence-corrected chi connectivity index (χ2v) is 6.70. The Balaban J connectivity index is 1.36. The first-order valence-corrected chi connectivity index (χ1v) is 8.03. The smallest absolute Gasteiger partial charge is 0.0543 e. The van der Waals surface area contributed by atoms with Gasteiger partial charge in [-0.3, -0.25) is 0 Å². The highest BCUT2D eigenvalue weighted by atomic mass is 16.3. The van der Waals surface area contributed by atoms with Crippen LogP contribution < -0.4 is 0 Å². The van der Waals surface area contributed by atoms with Crippen molar-refractivity contribution in [3.05, 3.63) is 35.9 Å². The van der Waals surface area contributed by atoms with Gasteiger partial charge in [-0.2, -0.15) is 0 Å². The third-order valence-corrected chi connectivity index (χ3v) is 5.30. The number of aliphatic hydroxyl groups excluding tert-OH is 1. The van der Waals surface area contributed by atoms with E-state index in [0.29, 0.717) is 0 Å². The lowest BCUT2D eigenvalue weighted by Crippen LogP contribution is -2.18. The molecule has 0 amide bonds. The summed E-state index contributed by atoms with van der Waals surface area (Å²) in [5.74, 6) is 2.80. The summed E-state index contributed by atoms with van der Waals surface area (Å²) < 4.78 is 0. The standard InChI is InChI=1S/C18H26O/c19-18(8-4-7-14-5-2-1-3-6-14)13-17-12-15-9-10-16(17)11-15/h1-3,5-6,15-19H,4,7-13H2. The van der Waals surface area contributed by atoms with Gasteiger partial charge in [-0.15, -0.1) is 0 Å². The van der Waals surface area contributed by atoms with Crippen LogP contribution in [0.25, 0.3) is 0 Å². The normalized spacial score (nSPS) is 30.7. The molecule has 2 aliphatic carbocycles. The quantitative estimate of drug-likeness (QED) is 0.811. The van der Waals surface area contributed by atoms with Crippen LogP contribution in [0.3, 0.4) is 0 Å². The number of aryl methyl sites for hydroxylation is 1. The van der Waals surface area contributed by atoms with Crippen molar-refractivity contribution < 1.29 is 5.11 Å². The zero-order valence-corrected chi connectivity index (χ0v) is 11.8. The van der Waals surface area contributed by atoms with Gasteiger partial charge in [-0.05, 0) is 68.3 Å². The van der Waals surface area contributed by atoms with Crippen molar-refractivity contribution in [3.8, 4) is 0 Å². The molecule has 2 saturated carbocycles. The first-order valence-electron chi connectivity index (χ1n) is 8.03. The fourth-order valence-electron chi connectivity index (χ4n) is 4.32. The van der Waals surface area contributed by atoms with E-state index < -0.39 is 0 Å². The van der Waals surface area contributed by atoms with Crippen LogP contribution in [-0.4, -0.2) is 11.2 Å². The van der Waals surface area contributed by atoms with Gasteiger partial charge in [0.05, 0.1) is 6.10 Å². The second-order valence-electron chi connectivity index (χ2n) is 6.70. The van der Waals surface area contributed by atoms with Crippen molar-refractivity contribution >= 4 is 0 Å². The molecular weight excluding hydrogens is 232 g/mol. The number of hydrogen-bond acceptors (Lipinski definition) is 1. The zero-order chi connectivity index (χ0) is 13.1. The predicted octanol–water partition coefficient (Wildman–Crippen LogP) is 4.20. The highest BCUT2D eigenvalue weighted by Gasteiger charge is 2.39. The summed E-state index contributed by atoms with van der Waals surface area (Å²) in [6.07, 6.45) is 9.96. The molecule has 1 N–H and O–H groups in total. The average molecular weight is 258 g/mol. The molecular formula is C18H26O. The molecule has 4 atom stereocenters. The van der Waals surface area contributed by atoms with Gasteiger partial charge in [-0.1, -0.05) is 36.8 Å². The minimum absolute atomic E-state index is 0.0620. The number of aliphatic hydroxyl groups is 1. The van der Waals surface area contributed by atoms with Crippen LogP contribution in [0, 0.1) is 17.8 Å². The third kappa shape index (κ3) is 3.39.